The van der Waals surface area contributed by atoms with E-state index in [2.05, 4.69) is 11.8 Å². The first kappa shape index (κ1) is 29.4. The molecular formula is C29H37Cl2FN2O3. The summed E-state index contributed by atoms with van der Waals surface area (Å²) in [7, 11) is 2.05. The number of rotatable bonds is 11. The van der Waals surface area contributed by atoms with Crippen LogP contribution in [0.15, 0.2) is 42.5 Å². The van der Waals surface area contributed by atoms with Crippen molar-refractivity contribution in [2.24, 2.45) is 5.41 Å². The number of carbonyl (C=O) groups excluding carboxylic acids is 1. The van der Waals surface area contributed by atoms with Crippen molar-refractivity contribution < 1.29 is 19.1 Å². The summed E-state index contributed by atoms with van der Waals surface area (Å²) in [5.74, 6) is -2.06. The van der Waals surface area contributed by atoms with Gasteiger partial charge >= 0.3 is 5.97 Å². The van der Waals surface area contributed by atoms with Gasteiger partial charge in [0.25, 0.3) is 0 Å². The van der Waals surface area contributed by atoms with E-state index in [-0.39, 0.29) is 35.7 Å². The van der Waals surface area contributed by atoms with Gasteiger partial charge in [0.15, 0.2) is 0 Å². The first-order valence-electron chi connectivity index (χ1n) is 12.9. The first-order chi connectivity index (χ1) is 17.5. The van der Waals surface area contributed by atoms with Crippen LogP contribution in [0.3, 0.4) is 0 Å². The summed E-state index contributed by atoms with van der Waals surface area (Å²) in [5.41, 5.74) is 0.358. The standard InChI is InChI=1S/C29H37Cl2FN2O3/c1-5-7-12-33(4)18-24(6-2)34-27(19-8-10-21(30)11-9-19)25(20-13-22(31)15-23(32)14-20)16-29(3,28(34)37)17-26(35)36/h8-11,13-15,24-25,27H,5-7,12,16-18H2,1-4H3,(H,35,36)/t24-,25+,27+,29+/m0/s1. The summed E-state index contributed by atoms with van der Waals surface area (Å²) < 4.78 is 14.6. The van der Waals surface area contributed by atoms with Crippen LogP contribution in [0, 0.1) is 11.2 Å². The summed E-state index contributed by atoms with van der Waals surface area (Å²) in [6.45, 7) is 7.45. The maximum absolute atomic E-state index is 14.6. The maximum atomic E-state index is 14.6. The first-order valence-corrected chi connectivity index (χ1v) is 13.7. The summed E-state index contributed by atoms with van der Waals surface area (Å²) in [5, 5.41) is 10.6. The van der Waals surface area contributed by atoms with Crippen molar-refractivity contribution in [1.29, 1.82) is 0 Å². The van der Waals surface area contributed by atoms with E-state index in [4.69, 9.17) is 23.2 Å². The van der Waals surface area contributed by atoms with Crippen LogP contribution in [0.2, 0.25) is 10.0 Å². The molecule has 8 heteroatoms. The molecule has 0 unspecified atom stereocenters. The Bertz CT molecular complexity index is 1080. The summed E-state index contributed by atoms with van der Waals surface area (Å²) in [6, 6.07) is 11.2. The van der Waals surface area contributed by atoms with Gasteiger partial charge < -0.3 is 14.9 Å². The number of benzene rings is 2. The van der Waals surface area contributed by atoms with E-state index in [0.717, 1.165) is 24.9 Å². The van der Waals surface area contributed by atoms with E-state index in [1.54, 1.807) is 25.1 Å². The monoisotopic (exact) mass is 550 g/mol. The predicted octanol–water partition coefficient (Wildman–Crippen LogP) is 7.18. The molecule has 5 nitrogen and oxygen atoms in total. The fraction of sp³-hybridized carbons (Fsp3) is 0.517. The van der Waals surface area contributed by atoms with Crippen molar-refractivity contribution in [3.63, 3.8) is 0 Å². The van der Waals surface area contributed by atoms with E-state index in [1.165, 1.54) is 12.1 Å². The van der Waals surface area contributed by atoms with Gasteiger partial charge in [0.05, 0.1) is 17.9 Å². The van der Waals surface area contributed by atoms with E-state index in [0.29, 0.717) is 23.6 Å². The van der Waals surface area contributed by atoms with Crippen molar-refractivity contribution >= 4 is 35.1 Å². The lowest BCUT2D eigenvalue weighted by molar-refractivity contribution is -0.161. The van der Waals surface area contributed by atoms with Crippen LogP contribution in [0.25, 0.3) is 0 Å². The molecule has 2 aromatic rings. The highest BCUT2D eigenvalue weighted by molar-refractivity contribution is 6.30. The molecule has 0 aliphatic carbocycles. The van der Waals surface area contributed by atoms with E-state index in [1.807, 2.05) is 31.0 Å². The van der Waals surface area contributed by atoms with Gasteiger partial charge in [-0.05, 0) is 74.3 Å². The lowest BCUT2D eigenvalue weighted by Crippen LogP contribution is -2.58. The van der Waals surface area contributed by atoms with Crippen LogP contribution >= 0.6 is 23.2 Å². The Hall–Kier alpha value is -2.15. The molecule has 0 spiro atoms. The third kappa shape index (κ3) is 7.04. The number of halogens is 3. The molecule has 1 saturated heterocycles. The quantitative estimate of drug-likeness (QED) is 0.321. The molecule has 1 heterocycles. The zero-order valence-corrected chi connectivity index (χ0v) is 23.5. The molecule has 37 heavy (non-hydrogen) atoms. The molecule has 3 rings (SSSR count). The molecule has 202 valence electrons. The number of carbonyl (C=O) groups is 2. The van der Waals surface area contributed by atoms with Gasteiger partial charge in [0, 0.05) is 28.5 Å². The van der Waals surface area contributed by atoms with Gasteiger partial charge in [-0.25, -0.2) is 4.39 Å². The lowest BCUT2D eigenvalue weighted by atomic mass is 9.67. The second-order valence-corrected chi connectivity index (χ2v) is 11.4. The Morgan fingerprint density at radius 3 is 2.41 bits per heavy atom. The third-order valence-electron chi connectivity index (χ3n) is 7.45. The SMILES string of the molecule is CCCCN(C)C[C@H](CC)N1C(=O)[C@@](C)(CC(=O)O)C[C@H](c2cc(F)cc(Cl)c2)[C@H]1c1ccc(Cl)cc1. The Morgan fingerprint density at radius 1 is 1.16 bits per heavy atom. The van der Waals surface area contributed by atoms with Crippen molar-refractivity contribution in [3.8, 4) is 0 Å². The number of hydrogen-bond acceptors (Lipinski definition) is 3. The fourth-order valence-electron chi connectivity index (χ4n) is 5.63. The van der Waals surface area contributed by atoms with Gasteiger partial charge in [-0.1, -0.05) is 62.5 Å². The van der Waals surface area contributed by atoms with Crippen LogP contribution in [0.4, 0.5) is 4.39 Å². The van der Waals surface area contributed by atoms with Gasteiger partial charge in [0.1, 0.15) is 5.82 Å². The van der Waals surface area contributed by atoms with Gasteiger partial charge in [-0.2, -0.15) is 0 Å². The predicted molar refractivity (Wildman–Crippen MR) is 147 cm³/mol. The minimum atomic E-state index is -1.16. The van der Waals surface area contributed by atoms with E-state index in [9.17, 15) is 19.1 Å². The number of carboxylic acids is 1. The molecule has 2 aromatic carbocycles. The molecule has 0 radical (unpaired) electrons. The van der Waals surface area contributed by atoms with Crippen LogP contribution < -0.4 is 0 Å². The summed E-state index contributed by atoms with van der Waals surface area (Å²) in [6.07, 6.45) is 2.74. The fourth-order valence-corrected chi connectivity index (χ4v) is 5.98. The van der Waals surface area contributed by atoms with Crippen molar-refractivity contribution in [2.45, 2.75) is 70.9 Å². The minimum Gasteiger partial charge on any atom is -0.481 e. The molecule has 1 N–H and O–H groups in total. The Labute approximate surface area is 229 Å². The highest BCUT2D eigenvalue weighted by Gasteiger charge is 2.52. The number of likely N-dealkylation sites (tertiary alicyclic amines) is 1. The normalized spacial score (nSPS) is 22.9. The number of amides is 1. The number of unbranched alkanes of at least 4 members (excludes halogenated alkanes) is 1. The number of piperidine rings is 1. The molecule has 1 fully saturated rings. The zero-order valence-electron chi connectivity index (χ0n) is 22.0. The molecular weight excluding hydrogens is 514 g/mol. The van der Waals surface area contributed by atoms with Crippen LogP contribution in [0.5, 0.6) is 0 Å². The topological polar surface area (TPSA) is 60.9 Å². The molecule has 1 amide bonds. The smallest absolute Gasteiger partial charge is 0.304 e. The number of hydrogen-bond donors (Lipinski definition) is 1. The number of nitrogens with zero attached hydrogens (tertiary/aromatic N) is 2. The summed E-state index contributed by atoms with van der Waals surface area (Å²) >= 11 is 12.5. The molecule has 1 aliphatic heterocycles. The number of carboxylic acid groups (broad SMARTS) is 1. The highest BCUT2D eigenvalue weighted by atomic mass is 35.5. The van der Waals surface area contributed by atoms with Gasteiger partial charge in [-0.3, -0.25) is 9.59 Å². The molecule has 4 atom stereocenters. The van der Waals surface area contributed by atoms with E-state index < -0.39 is 23.2 Å². The largest absolute Gasteiger partial charge is 0.481 e. The number of aliphatic carboxylic acids is 1. The second-order valence-electron chi connectivity index (χ2n) is 10.5. The minimum absolute atomic E-state index is 0.171. The Morgan fingerprint density at radius 2 is 1.84 bits per heavy atom. The molecule has 0 bridgehead atoms. The lowest BCUT2D eigenvalue weighted by Gasteiger charge is -2.52. The molecule has 0 saturated carbocycles. The Kier molecular flexibility index (Phi) is 10.0. The van der Waals surface area contributed by atoms with Crippen LogP contribution in [-0.2, 0) is 9.59 Å². The molecule has 0 aromatic heterocycles. The maximum Gasteiger partial charge on any atom is 0.304 e. The molecule has 1 aliphatic rings. The summed E-state index contributed by atoms with van der Waals surface area (Å²) in [4.78, 5) is 30.3. The average molecular weight is 552 g/mol. The second kappa shape index (κ2) is 12.6. The van der Waals surface area contributed by atoms with Crippen molar-refractivity contribution in [2.75, 3.05) is 20.1 Å². The Balaban J connectivity index is 2.20. The van der Waals surface area contributed by atoms with E-state index >= 15 is 0 Å². The van der Waals surface area contributed by atoms with Gasteiger partial charge in [0.2, 0.25) is 5.91 Å². The van der Waals surface area contributed by atoms with Crippen molar-refractivity contribution in [3.05, 3.63) is 69.5 Å². The van der Waals surface area contributed by atoms with Crippen LogP contribution in [0.1, 0.15) is 76.0 Å². The zero-order chi connectivity index (χ0) is 27.3. The van der Waals surface area contributed by atoms with Crippen LogP contribution in [-0.4, -0.2) is 53.0 Å². The number of likely N-dealkylation sites (N-methyl/N-ethyl adjacent to an activating group) is 1. The third-order valence-corrected chi connectivity index (χ3v) is 7.92. The highest BCUT2D eigenvalue weighted by Crippen LogP contribution is 2.52. The van der Waals surface area contributed by atoms with Gasteiger partial charge in [-0.15, -0.1) is 0 Å². The van der Waals surface area contributed by atoms with Crippen molar-refractivity contribution in [1.82, 2.24) is 9.80 Å². The average Bonchev–Trinajstić information content (AvgIpc) is 2.82.